The van der Waals surface area contributed by atoms with Crippen molar-refractivity contribution in [3.8, 4) is 5.75 Å². The van der Waals surface area contributed by atoms with Gasteiger partial charge in [0.25, 0.3) is 10.9 Å². The van der Waals surface area contributed by atoms with Gasteiger partial charge in [0, 0.05) is 37.6 Å². The van der Waals surface area contributed by atoms with Gasteiger partial charge in [0.1, 0.15) is 29.2 Å². The lowest BCUT2D eigenvalue weighted by molar-refractivity contribution is 0.328. The molecule has 2 atom stereocenters. The summed E-state index contributed by atoms with van der Waals surface area (Å²) in [5.74, 6) is 2.17. The minimum Gasteiger partial charge on any atom is -0.491 e. The first-order chi connectivity index (χ1) is 21.0. The molecule has 0 amide bonds. The number of hydrogen-bond acceptors (Lipinski definition) is 10. The Bertz CT molecular complexity index is 1840. The molecule has 4 aromatic rings. The second-order valence-electron chi connectivity index (χ2n) is 11.0. The van der Waals surface area contributed by atoms with Crippen molar-refractivity contribution in [1.29, 1.82) is 0 Å². The predicted molar refractivity (Wildman–Crippen MR) is 170 cm³/mol. The minimum atomic E-state index is -0.560. The van der Waals surface area contributed by atoms with Crippen LogP contribution in [0.25, 0.3) is 5.70 Å². The number of ether oxygens (including phenoxy) is 1. The molecule has 0 saturated carbocycles. The average molecular weight is 574 g/mol. The second kappa shape index (κ2) is 11.0. The van der Waals surface area contributed by atoms with Gasteiger partial charge in [-0.2, -0.15) is 0 Å². The Kier molecular flexibility index (Phi) is 6.83. The van der Waals surface area contributed by atoms with Crippen molar-refractivity contribution in [3.63, 3.8) is 0 Å². The summed E-state index contributed by atoms with van der Waals surface area (Å²) in [6, 6.07) is 22.4. The Balaban J connectivity index is 1.11. The van der Waals surface area contributed by atoms with E-state index < -0.39 is 10.9 Å². The number of nitrogens with two attached hydrogens (primary N) is 1. The molecule has 216 valence electrons. The van der Waals surface area contributed by atoms with E-state index in [1.54, 1.807) is 6.20 Å². The third-order valence-corrected chi connectivity index (χ3v) is 8.23. The summed E-state index contributed by atoms with van der Waals surface area (Å²) in [6.45, 7) is 2.41. The Hall–Kier alpha value is -5.09. The van der Waals surface area contributed by atoms with E-state index in [-0.39, 0.29) is 17.8 Å². The van der Waals surface area contributed by atoms with Crippen LogP contribution in [0.1, 0.15) is 29.5 Å². The van der Waals surface area contributed by atoms with E-state index in [1.165, 1.54) is 12.7 Å². The first kappa shape index (κ1) is 26.8. The summed E-state index contributed by atoms with van der Waals surface area (Å²) in [7, 11) is 1.41. The fraction of sp³-hybridized carbons (Fsp3) is 0.242. The number of aromatic nitrogens is 1. The van der Waals surface area contributed by atoms with Crippen molar-refractivity contribution >= 4 is 34.6 Å². The van der Waals surface area contributed by atoms with E-state index in [4.69, 9.17) is 20.5 Å². The highest BCUT2D eigenvalue weighted by molar-refractivity contribution is 6.31. The third-order valence-electron chi connectivity index (χ3n) is 8.23. The van der Waals surface area contributed by atoms with Crippen LogP contribution in [-0.2, 0) is 6.54 Å². The van der Waals surface area contributed by atoms with Gasteiger partial charge in [-0.15, -0.1) is 0 Å². The van der Waals surface area contributed by atoms with Crippen LogP contribution >= 0.6 is 0 Å². The zero-order valence-corrected chi connectivity index (χ0v) is 23.7. The van der Waals surface area contributed by atoms with Gasteiger partial charge in [0.15, 0.2) is 5.75 Å². The number of fused-ring (bicyclic) bond motifs is 1. The molecule has 1 aromatic heterocycles. The lowest BCUT2D eigenvalue weighted by Gasteiger charge is -2.26. The van der Waals surface area contributed by atoms with Gasteiger partial charge < -0.3 is 15.8 Å². The smallest absolute Gasteiger partial charge is 0.271 e. The number of hydrogen-bond donors (Lipinski definition) is 2. The molecule has 1 fully saturated rings. The zero-order chi connectivity index (χ0) is 29.5. The van der Waals surface area contributed by atoms with E-state index in [2.05, 4.69) is 62.6 Å². The molecule has 3 aliphatic heterocycles. The first-order valence-corrected chi connectivity index (χ1v) is 14.4. The van der Waals surface area contributed by atoms with Crippen LogP contribution in [0.4, 0.5) is 17.2 Å². The molecule has 0 bridgehead atoms. The highest BCUT2D eigenvalue weighted by Crippen LogP contribution is 2.34. The van der Waals surface area contributed by atoms with Crippen LogP contribution in [0.5, 0.6) is 5.75 Å². The van der Waals surface area contributed by atoms with Crippen LogP contribution in [-0.4, -0.2) is 53.8 Å². The fourth-order valence-electron chi connectivity index (χ4n) is 6.04. The molecule has 10 heteroatoms. The summed E-state index contributed by atoms with van der Waals surface area (Å²) >= 11 is 0. The van der Waals surface area contributed by atoms with Crippen LogP contribution < -0.4 is 31.5 Å². The van der Waals surface area contributed by atoms with Gasteiger partial charge in [-0.3, -0.25) is 24.4 Å². The molecular formula is C33H31N7O3. The van der Waals surface area contributed by atoms with E-state index in [0.717, 1.165) is 66.7 Å². The Morgan fingerprint density at radius 3 is 2.60 bits per heavy atom. The molecule has 3 N–H and O–H groups in total. The highest BCUT2D eigenvalue weighted by atomic mass is 16.5. The monoisotopic (exact) mass is 573 g/mol. The Labute approximate surface area is 248 Å². The molecule has 1 saturated heterocycles. The van der Waals surface area contributed by atoms with Gasteiger partial charge in [0.2, 0.25) is 0 Å². The van der Waals surface area contributed by atoms with Crippen molar-refractivity contribution in [1.82, 2.24) is 9.88 Å². The molecule has 2 unspecified atom stereocenters. The molecule has 0 spiro atoms. The number of benzene rings is 2. The molecule has 3 aromatic carbocycles. The van der Waals surface area contributed by atoms with E-state index in [9.17, 15) is 9.59 Å². The van der Waals surface area contributed by atoms with Crippen molar-refractivity contribution in [2.75, 3.05) is 36.1 Å². The summed E-state index contributed by atoms with van der Waals surface area (Å²) in [4.78, 5) is 42.5. The molecule has 3 aliphatic rings. The van der Waals surface area contributed by atoms with Crippen molar-refractivity contribution < 1.29 is 4.74 Å². The van der Waals surface area contributed by atoms with E-state index in [1.807, 2.05) is 30.3 Å². The number of anilines is 3. The maximum atomic E-state index is 11.9. The fourth-order valence-corrected chi connectivity index (χ4v) is 6.04. The quantitative estimate of drug-likeness (QED) is 0.307. The van der Waals surface area contributed by atoms with Crippen LogP contribution in [0.15, 0.2) is 98.6 Å². The zero-order valence-electron chi connectivity index (χ0n) is 23.7. The van der Waals surface area contributed by atoms with Gasteiger partial charge in [-0.1, -0.05) is 48.5 Å². The number of nitrogen functional groups attached to an aromatic ring is 1. The molecule has 0 radical (unpaired) electrons. The van der Waals surface area contributed by atoms with Gasteiger partial charge in [-0.05, 0) is 48.2 Å². The number of rotatable bonds is 8. The molecule has 0 aliphatic carbocycles. The van der Waals surface area contributed by atoms with Crippen molar-refractivity contribution in [2.45, 2.75) is 31.5 Å². The maximum absolute atomic E-state index is 11.9. The van der Waals surface area contributed by atoms with Crippen LogP contribution in [0.2, 0.25) is 0 Å². The number of nitrogens with zero attached hydrogens (tertiary/aromatic N) is 5. The molecule has 10 nitrogen and oxygen atoms in total. The van der Waals surface area contributed by atoms with Crippen LogP contribution in [0, 0.1) is 0 Å². The standard InChI is InChI=1S/C33H31N7O3/c1-43-30-27(28(41)29(30)42)36-22-15-17-39(19-22)18-20-9-11-23(12-10-20)40-32(24-8-5-16-35-31(24)34)38-26-14-13-25(37-33(26)40)21-6-3-2-4-7-21/h2-13,16,22,26,36H,14-15,17-19H2,1H3,(H2,34,35). The van der Waals surface area contributed by atoms with E-state index in [0.29, 0.717) is 11.5 Å². The summed E-state index contributed by atoms with van der Waals surface area (Å²) in [6.07, 6.45) is 5.45. The number of nitrogens with one attached hydrogen (secondary N) is 1. The highest BCUT2D eigenvalue weighted by Gasteiger charge is 2.37. The molecule has 43 heavy (non-hydrogen) atoms. The number of pyridine rings is 1. The topological polar surface area (TPSA) is 126 Å². The van der Waals surface area contributed by atoms with Gasteiger partial charge >= 0.3 is 0 Å². The maximum Gasteiger partial charge on any atom is 0.271 e. The summed E-state index contributed by atoms with van der Waals surface area (Å²) in [5, 5.41) is 3.21. The number of likely N-dealkylation sites (tertiary alicyclic amines) is 1. The first-order valence-electron chi connectivity index (χ1n) is 14.4. The second-order valence-corrected chi connectivity index (χ2v) is 11.0. The van der Waals surface area contributed by atoms with Gasteiger partial charge in [0.05, 0.1) is 18.4 Å². The third kappa shape index (κ3) is 4.89. The molecule has 4 heterocycles. The molecular weight excluding hydrogens is 542 g/mol. The van der Waals surface area contributed by atoms with E-state index >= 15 is 0 Å². The Morgan fingerprint density at radius 2 is 1.84 bits per heavy atom. The molecule has 7 rings (SSSR count). The summed E-state index contributed by atoms with van der Waals surface area (Å²) in [5.41, 5.74) is 10.5. The average Bonchev–Trinajstić information content (AvgIpc) is 3.65. The SMILES string of the molecule is COc1c(NC2CCN(Cc3ccc(N4C(c5cccnc5N)=NC5CC=C(c6ccccc6)N=C54)cc3)C2)c(=O)c1=O. The van der Waals surface area contributed by atoms with Crippen molar-refractivity contribution in [2.24, 2.45) is 9.98 Å². The Morgan fingerprint density at radius 1 is 1.02 bits per heavy atom. The van der Waals surface area contributed by atoms with Crippen LogP contribution in [0.3, 0.4) is 0 Å². The minimum absolute atomic E-state index is 0.0814. The predicted octanol–water partition coefficient (Wildman–Crippen LogP) is 3.43. The largest absolute Gasteiger partial charge is 0.491 e. The normalized spacial score (nSPS) is 20.0. The number of aliphatic imine (C=N–C) groups is 2. The van der Waals surface area contributed by atoms with Gasteiger partial charge in [-0.25, -0.2) is 9.98 Å². The lowest BCUT2D eigenvalue weighted by Crippen LogP contribution is -2.38. The number of methoxy groups -OCH3 is 1. The number of amidine groups is 2. The lowest BCUT2D eigenvalue weighted by atomic mass is 10.0. The summed E-state index contributed by atoms with van der Waals surface area (Å²) < 4.78 is 5.07. The van der Waals surface area contributed by atoms with Crippen molar-refractivity contribution in [3.05, 3.63) is 116 Å².